The first-order valence-electron chi connectivity index (χ1n) is 4.99. The summed E-state index contributed by atoms with van der Waals surface area (Å²) in [4.78, 5) is 0. The Kier molecular flexibility index (Phi) is 3.19. The van der Waals surface area contributed by atoms with E-state index in [9.17, 15) is 8.78 Å². The Balaban J connectivity index is 2.01. The fraction of sp³-hybridized carbons (Fsp3) is 0.167. The van der Waals surface area contributed by atoms with Gasteiger partial charge in [-0.2, -0.15) is 0 Å². The fourth-order valence-corrected chi connectivity index (χ4v) is 1.46. The number of aromatic nitrogens is 1. The molecule has 0 atom stereocenters. The van der Waals surface area contributed by atoms with Crippen molar-refractivity contribution in [2.75, 3.05) is 5.43 Å². The summed E-state index contributed by atoms with van der Waals surface area (Å²) in [5.41, 5.74) is 3.98. The summed E-state index contributed by atoms with van der Waals surface area (Å²) < 4.78 is 26.7. The normalized spacial score (nSPS) is 10.7. The number of alkyl halides is 2. The number of benzene rings is 1. The molecule has 0 radical (unpaired) electrons. The van der Waals surface area contributed by atoms with E-state index in [2.05, 4.69) is 5.43 Å². The molecule has 1 N–H and O–H groups in total. The summed E-state index contributed by atoms with van der Waals surface area (Å²) in [7, 11) is 0. The largest absolute Gasteiger partial charge is 0.322 e. The average molecular weight is 222 g/mol. The van der Waals surface area contributed by atoms with Crippen LogP contribution in [0.4, 0.5) is 8.78 Å². The summed E-state index contributed by atoms with van der Waals surface area (Å²) in [6.45, 7) is 0.523. The van der Waals surface area contributed by atoms with Gasteiger partial charge in [0.05, 0.1) is 6.54 Å². The van der Waals surface area contributed by atoms with Crippen LogP contribution in [0.5, 0.6) is 0 Å². The summed E-state index contributed by atoms with van der Waals surface area (Å²) in [5, 5.41) is 0. The van der Waals surface area contributed by atoms with Crippen LogP contribution < -0.4 is 5.43 Å². The van der Waals surface area contributed by atoms with Gasteiger partial charge >= 0.3 is 0 Å². The highest BCUT2D eigenvalue weighted by Crippen LogP contribution is 2.19. The summed E-state index contributed by atoms with van der Waals surface area (Å²) >= 11 is 0. The van der Waals surface area contributed by atoms with Gasteiger partial charge in [0.2, 0.25) is 0 Å². The Labute approximate surface area is 92.5 Å². The lowest BCUT2D eigenvalue weighted by Gasteiger charge is -2.08. The van der Waals surface area contributed by atoms with Crippen LogP contribution in [-0.2, 0) is 6.54 Å². The van der Waals surface area contributed by atoms with Crippen LogP contribution in [0.1, 0.15) is 17.6 Å². The molecule has 4 heteroatoms. The number of hydrogen-bond donors (Lipinski definition) is 1. The average Bonchev–Trinajstić information content (AvgIpc) is 2.79. The van der Waals surface area contributed by atoms with Crippen molar-refractivity contribution in [1.82, 2.24) is 4.68 Å². The highest BCUT2D eigenvalue weighted by molar-refractivity contribution is 5.25. The third-order valence-corrected chi connectivity index (χ3v) is 2.27. The molecule has 2 rings (SSSR count). The van der Waals surface area contributed by atoms with Gasteiger partial charge in [0.15, 0.2) is 0 Å². The van der Waals surface area contributed by atoms with Crippen LogP contribution in [-0.4, -0.2) is 4.68 Å². The number of nitrogens with zero attached hydrogens (tertiary/aromatic N) is 1. The molecular weight excluding hydrogens is 210 g/mol. The Hall–Kier alpha value is -1.84. The van der Waals surface area contributed by atoms with Crippen molar-refractivity contribution in [3.05, 3.63) is 59.9 Å². The van der Waals surface area contributed by atoms with E-state index in [1.807, 2.05) is 30.6 Å². The van der Waals surface area contributed by atoms with Crippen molar-refractivity contribution >= 4 is 0 Å². The number of nitrogens with one attached hydrogen (secondary N) is 1. The minimum Gasteiger partial charge on any atom is -0.322 e. The zero-order valence-corrected chi connectivity index (χ0v) is 8.61. The third-order valence-electron chi connectivity index (χ3n) is 2.27. The second-order valence-corrected chi connectivity index (χ2v) is 3.47. The van der Waals surface area contributed by atoms with Gasteiger partial charge in [0.1, 0.15) is 0 Å². The monoisotopic (exact) mass is 222 g/mol. The minimum absolute atomic E-state index is 0.0619. The summed E-state index contributed by atoms with van der Waals surface area (Å²) in [5.74, 6) is 0. The van der Waals surface area contributed by atoms with Gasteiger partial charge in [-0.05, 0) is 23.8 Å². The molecule has 0 aliphatic rings. The number of hydrogen-bond acceptors (Lipinski definition) is 1. The van der Waals surface area contributed by atoms with E-state index in [1.54, 1.807) is 10.7 Å². The molecule has 2 aromatic rings. The van der Waals surface area contributed by atoms with E-state index in [1.165, 1.54) is 12.1 Å². The van der Waals surface area contributed by atoms with E-state index in [4.69, 9.17) is 0 Å². The lowest BCUT2D eigenvalue weighted by molar-refractivity contribution is 0.151. The van der Waals surface area contributed by atoms with E-state index >= 15 is 0 Å². The van der Waals surface area contributed by atoms with Crippen molar-refractivity contribution in [3.8, 4) is 0 Å². The van der Waals surface area contributed by atoms with E-state index < -0.39 is 6.43 Å². The van der Waals surface area contributed by atoms with E-state index in [-0.39, 0.29) is 5.56 Å². The van der Waals surface area contributed by atoms with Gasteiger partial charge in [-0.25, -0.2) is 8.78 Å². The Morgan fingerprint density at radius 3 is 2.56 bits per heavy atom. The van der Waals surface area contributed by atoms with Crippen LogP contribution in [0.25, 0.3) is 0 Å². The highest BCUT2D eigenvalue weighted by Gasteiger charge is 2.06. The first kappa shape index (κ1) is 10.7. The Bertz CT molecular complexity index is 438. The molecular formula is C12H12F2N2. The highest BCUT2D eigenvalue weighted by atomic mass is 19.3. The third kappa shape index (κ3) is 2.59. The summed E-state index contributed by atoms with van der Waals surface area (Å²) in [6, 6.07) is 10.2. The molecule has 16 heavy (non-hydrogen) atoms. The van der Waals surface area contributed by atoms with Crippen LogP contribution in [0.15, 0.2) is 48.8 Å². The predicted molar refractivity (Wildman–Crippen MR) is 58.9 cm³/mol. The molecule has 0 aliphatic heterocycles. The standard InChI is InChI=1S/C12H12F2N2/c13-12(14)11-5-3-4-10(8-11)9-15-16-6-1-2-7-16/h1-8,12,15H,9H2. The van der Waals surface area contributed by atoms with Gasteiger partial charge < -0.3 is 5.43 Å². The molecule has 0 saturated carbocycles. The van der Waals surface area contributed by atoms with Crippen LogP contribution in [0.3, 0.4) is 0 Å². The fourth-order valence-electron chi connectivity index (χ4n) is 1.46. The molecule has 0 saturated heterocycles. The van der Waals surface area contributed by atoms with E-state index in [0.717, 1.165) is 5.56 Å². The van der Waals surface area contributed by atoms with Crippen molar-refractivity contribution in [3.63, 3.8) is 0 Å². The molecule has 1 aromatic heterocycles. The lowest BCUT2D eigenvalue weighted by Crippen LogP contribution is -2.11. The SMILES string of the molecule is FC(F)c1cccc(CNn2cccc2)c1. The second kappa shape index (κ2) is 4.79. The minimum atomic E-state index is -2.41. The molecule has 0 spiro atoms. The molecule has 0 bridgehead atoms. The Morgan fingerprint density at radius 2 is 1.88 bits per heavy atom. The quantitative estimate of drug-likeness (QED) is 0.840. The van der Waals surface area contributed by atoms with Crippen LogP contribution >= 0.6 is 0 Å². The number of rotatable bonds is 4. The van der Waals surface area contributed by atoms with Crippen molar-refractivity contribution < 1.29 is 8.78 Å². The van der Waals surface area contributed by atoms with Crippen molar-refractivity contribution in [2.24, 2.45) is 0 Å². The lowest BCUT2D eigenvalue weighted by atomic mass is 10.1. The smallest absolute Gasteiger partial charge is 0.263 e. The predicted octanol–water partition coefficient (Wildman–Crippen LogP) is 3.17. The van der Waals surface area contributed by atoms with Gasteiger partial charge in [-0.3, -0.25) is 4.68 Å². The topological polar surface area (TPSA) is 17.0 Å². The molecule has 0 aliphatic carbocycles. The maximum atomic E-state index is 12.4. The maximum Gasteiger partial charge on any atom is 0.263 e. The van der Waals surface area contributed by atoms with Gasteiger partial charge in [-0.1, -0.05) is 18.2 Å². The zero-order chi connectivity index (χ0) is 11.4. The van der Waals surface area contributed by atoms with Crippen molar-refractivity contribution in [1.29, 1.82) is 0 Å². The first-order valence-corrected chi connectivity index (χ1v) is 4.99. The zero-order valence-electron chi connectivity index (χ0n) is 8.61. The molecule has 2 nitrogen and oxygen atoms in total. The molecule has 0 amide bonds. The van der Waals surface area contributed by atoms with Crippen LogP contribution in [0.2, 0.25) is 0 Å². The van der Waals surface area contributed by atoms with E-state index in [0.29, 0.717) is 6.54 Å². The molecule has 0 fully saturated rings. The second-order valence-electron chi connectivity index (χ2n) is 3.47. The van der Waals surface area contributed by atoms with Gasteiger partial charge in [-0.15, -0.1) is 0 Å². The molecule has 1 aromatic carbocycles. The first-order chi connectivity index (χ1) is 7.75. The van der Waals surface area contributed by atoms with Gasteiger partial charge in [0, 0.05) is 18.0 Å². The summed E-state index contributed by atoms with van der Waals surface area (Å²) in [6.07, 6.45) is 1.31. The number of halogens is 2. The van der Waals surface area contributed by atoms with Crippen molar-refractivity contribution in [2.45, 2.75) is 13.0 Å². The Morgan fingerprint density at radius 1 is 1.12 bits per heavy atom. The van der Waals surface area contributed by atoms with Crippen LogP contribution in [0, 0.1) is 0 Å². The molecule has 1 heterocycles. The molecule has 84 valence electrons. The van der Waals surface area contributed by atoms with Gasteiger partial charge in [0.25, 0.3) is 6.43 Å². The molecule has 0 unspecified atom stereocenters. The maximum absolute atomic E-state index is 12.4.